The first-order chi connectivity index (χ1) is 7.83. The van der Waals surface area contributed by atoms with Gasteiger partial charge in [0, 0.05) is 19.6 Å². The summed E-state index contributed by atoms with van der Waals surface area (Å²) in [5, 5.41) is 0. The van der Waals surface area contributed by atoms with Crippen molar-refractivity contribution in [2.24, 2.45) is 0 Å². The number of esters is 1. The van der Waals surface area contributed by atoms with Crippen molar-refractivity contribution >= 4 is 5.97 Å². The second kappa shape index (κ2) is 8.57. The molecule has 0 aromatic rings. The van der Waals surface area contributed by atoms with Gasteiger partial charge in [-0.3, -0.25) is 4.79 Å². The van der Waals surface area contributed by atoms with Crippen LogP contribution in [0.1, 0.15) is 58.3 Å². The standard InChI is InChI=1S/C13H24O3/c1-2-15-11-7-6-10-13(14)16-12-8-4-3-5-9-12/h12H,2-11H2,1H3. The zero-order valence-corrected chi connectivity index (χ0v) is 10.4. The van der Waals surface area contributed by atoms with Gasteiger partial charge >= 0.3 is 5.97 Å². The molecule has 0 heterocycles. The van der Waals surface area contributed by atoms with Gasteiger partial charge in [-0.25, -0.2) is 0 Å². The number of hydrogen-bond acceptors (Lipinski definition) is 3. The highest BCUT2D eigenvalue weighted by atomic mass is 16.5. The van der Waals surface area contributed by atoms with E-state index in [9.17, 15) is 4.79 Å². The summed E-state index contributed by atoms with van der Waals surface area (Å²) in [4.78, 5) is 11.5. The van der Waals surface area contributed by atoms with E-state index in [4.69, 9.17) is 9.47 Å². The summed E-state index contributed by atoms with van der Waals surface area (Å²) in [6.45, 7) is 3.50. The predicted octanol–water partition coefficient (Wildman–Crippen LogP) is 3.07. The normalized spacial score (nSPS) is 17.3. The summed E-state index contributed by atoms with van der Waals surface area (Å²) in [5.74, 6) is -0.0246. The Hall–Kier alpha value is -0.570. The summed E-state index contributed by atoms with van der Waals surface area (Å²) >= 11 is 0. The van der Waals surface area contributed by atoms with E-state index in [1.807, 2.05) is 6.92 Å². The Kier molecular flexibility index (Phi) is 7.23. The molecular weight excluding hydrogens is 204 g/mol. The Morgan fingerprint density at radius 3 is 2.62 bits per heavy atom. The van der Waals surface area contributed by atoms with Gasteiger partial charge in [0.15, 0.2) is 0 Å². The van der Waals surface area contributed by atoms with Crippen molar-refractivity contribution in [1.82, 2.24) is 0 Å². The highest BCUT2D eigenvalue weighted by molar-refractivity contribution is 5.69. The van der Waals surface area contributed by atoms with E-state index in [1.54, 1.807) is 0 Å². The molecule has 0 radical (unpaired) electrons. The predicted molar refractivity (Wildman–Crippen MR) is 63.3 cm³/mol. The molecule has 0 spiro atoms. The van der Waals surface area contributed by atoms with Crippen molar-refractivity contribution < 1.29 is 14.3 Å². The van der Waals surface area contributed by atoms with E-state index >= 15 is 0 Å². The number of rotatable bonds is 7. The van der Waals surface area contributed by atoms with Crippen molar-refractivity contribution in [2.45, 2.75) is 64.4 Å². The molecule has 0 aromatic carbocycles. The fourth-order valence-corrected chi connectivity index (χ4v) is 2.05. The molecule has 0 bridgehead atoms. The minimum absolute atomic E-state index is 0.0246. The second-order valence-electron chi connectivity index (χ2n) is 4.40. The van der Waals surface area contributed by atoms with Gasteiger partial charge in [0.25, 0.3) is 0 Å². The largest absolute Gasteiger partial charge is 0.462 e. The Balaban J connectivity index is 1.97. The molecule has 1 saturated carbocycles. The second-order valence-corrected chi connectivity index (χ2v) is 4.40. The molecule has 94 valence electrons. The lowest BCUT2D eigenvalue weighted by atomic mass is 9.98. The van der Waals surface area contributed by atoms with E-state index in [1.165, 1.54) is 19.3 Å². The molecule has 3 nitrogen and oxygen atoms in total. The third-order valence-corrected chi connectivity index (χ3v) is 2.97. The maximum atomic E-state index is 11.5. The van der Waals surface area contributed by atoms with Crippen LogP contribution in [0, 0.1) is 0 Å². The lowest BCUT2D eigenvalue weighted by molar-refractivity contribution is -0.150. The van der Waals surface area contributed by atoms with Gasteiger partial charge in [-0.1, -0.05) is 6.42 Å². The van der Waals surface area contributed by atoms with Crippen molar-refractivity contribution in [3.05, 3.63) is 0 Å². The summed E-state index contributed by atoms with van der Waals surface area (Å²) in [7, 11) is 0. The third-order valence-electron chi connectivity index (χ3n) is 2.97. The maximum absolute atomic E-state index is 11.5. The molecule has 0 atom stereocenters. The Morgan fingerprint density at radius 1 is 1.19 bits per heavy atom. The first-order valence-corrected chi connectivity index (χ1v) is 6.60. The summed E-state index contributed by atoms with van der Waals surface area (Å²) in [5.41, 5.74) is 0. The monoisotopic (exact) mass is 228 g/mol. The Morgan fingerprint density at radius 2 is 1.94 bits per heavy atom. The summed E-state index contributed by atoms with van der Waals surface area (Å²) in [6.07, 6.45) is 8.42. The zero-order valence-electron chi connectivity index (χ0n) is 10.4. The van der Waals surface area contributed by atoms with Gasteiger partial charge in [0.1, 0.15) is 6.10 Å². The fourth-order valence-electron chi connectivity index (χ4n) is 2.05. The molecule has 0 N–H and O–H groups in total. The minimum atomic E-state index is -0.0246. The average Bonchev–Trinajstić information content (AvgIpc) is 2.30. The summed E-state index contributed by atoms with van der Waals surface area (Å²) < 4.78 is 10.6. The quantitative estimate of drug-likeness (QED) is 0.496. The number of hydrogen-bond donors (Lipinski definition) is 0. The van der Waals surface area contributed by atoms with Gasteiger partial charge < -0.3 is 9.47 Å². The number of carbonyl (C=O) groups excluding carboxylic acids is 1. The van der Waals surface area contributed by atoms with Gasteiger partial charge in [-0.15, -0.1) is 0 Å². The molecule has 3 heteroatoms. The van der Waals surface area contributed by atoms with Crippen LogP contribution in [0.3, 0.4) is 0 Å². The van der Waals surface area contributed by atoms with Crippen molar-refractivity contribution in [3.63, 3.8) is 0 Å². The molecule has 1 aliphatic carbocycles. The SMILES string of the molecule is CCOCCCCC(=O)OC1CCCCC1. The maximum Gasteiger partial charge on any atom is 0.306 e. The first kappa shape index (κ1) is 13.5. The minimum Gasteiger partial charge on any atom is -0.462 e. The fraction of sp³-hybridized carbons (Fsp3) is 0.923. The molecule has 1 rings (SSSR count). The van der Waals surface area contributed by atoms with Crippen molar-refractivity contribution in [3.8, 4) is 0 Å². The van der Waals surface area contributed by atoms with Crippen LogP contribution in [0.25, 0.3) is 0 Å². The third kappa shape index (κ3) is 6.11. The highest BCUT2D eigenvalue weighted by Crippen LogP contribution is 2.20. The number of unbranched alkanes of at least 4 members (excludes halogenated alkanes) is 1. The Bertz CT molecular complexity index is 186. The van der Waals surface area contributed by atoms with E-state index in [2.05, 4.69) is 0 Å². The smallest absolute Gasteiger partial charge is 0.306 e. The molecule has 0 amide bonds. The van der Waals surface area contributed by atoms with Gasteiger partial charge in [-0.05, 0) is 45.4 Å². The molecule has 1 fully saturated rings. The number of carbonyl (C=O) groups is 1. The highest BCUT2D eigenvalue weighted by Gasteiger charge is 2.17. The van der Waals surface area contributed by atoms with E-state index in [0.29, 0.717) is 6.42 Å². The van der Waals surface area contributed by atoms with Crippen LogP contribution in [0.4, 0.5) is 0 Å². The molecule has 0 aliphatic heterocycles. The lowest BCUT2D eigenvalue weighted by Crippen LogP contribution is -2.20. The number of ether oxygens (including phenoxy) is 2. The van der Waals surface area contributed by atoms with E-state index in [0.717, 1.165) is 38.9 Å². The lowest BCUT2D eigenvalue weighted by Gasteiger charge is -2.21. The van der Waals surface area contributed by atoms with Crippen LogP contribution in [0.2, 0.25) is 0 Å². The van der Waals surface area contributed by atoms with Gasteiger partial charge in [-0.2, -0.15) is 0 Å². The summed E-state index contributed by atoms with van der Waals surface area (Å²) in [6, 6.07) is 0. The van der Waals surface area contributed by atoms with Crippen LogP contribution in [-0.4, -0.2) is 25.3 Å². The van der Waals surface area contributed by atoms with Crippen LogP contribution < -0.4 is 0 Å². The molecule has 0 unspecified atom stereocenters. The van der Waals surface area contributed by atoms with Crippen molar-refractivity contribution in [2.75, 3.05) is 13.2 Å². The van der Waals surface area contributed by atoms with Crippen molar-refractivity contribution in [1.29, 1.82) is 0 Å². The Labute approximate surface area is 98.5 Å². The van der Waals surface area contributed by atoms with E-state index < -0.39 is 0 Å². The molecule has 0 aromatic heterocycles. The first-order valence-electron chi connectivity index (χ1n) is 6.60. The average molecular weight is 228 g/mol. The topological polar surface area (TPSA) is 35.5 Å². The van der Waals surface area contributed by atoms with Crippen LogP contribution in [0.5, 0.6) is 0 Å². The van der Waals surface area contributed by atoms with E-state index in [-0.39, 0.29) is 12.1 Å². The molecule has 16 heavy (non-hydrogen) atoms. The molecule has 1 aliphatic rings. The van der Waals surface area contributed by atoms with Gasteiger partial charge in [0.05, 0.1) is 0 Å². The molecular formula is C13H24O3. The van der Waals surface area contributed by atoms with Crippen LogP contribution in [0.15, 0.2) is 0 Å². The van der Waals surface area contributed by atoms with Gasteiger partial charge in [0.2, 0.25) is 0 Å². The molecule has 0 saturated heterocycles. The van der Waals surface area contributed by atoms with Crippen LogP contribution in [-0.2, 0) is 14.3 Å². The zero-order chi connectivity index (χ0) is 11.6. The van der Waals surface area contributed by atoms with Crippen LogP contribution >= 0.6 is 0 Å².